The van der Waals surface area contributed by atoms with Crippen LogP contribution >= 0.6 is 0 Å². The second kappa shape index (κ2) is 11.0. The predicted octanol–water partition coefficient (Wildman–Crippen LogP) is 14.0. The number of benzene rings is 9. The van der Waals surface area contributed by atoms with Crippen LogP contribution in [0.2, 0.25) is 0 Å². The third-order valence-corrected chi connectivity index (χ3v) is 11.9. The first kappa shape index (κ1) is 29.8. The fraction of sp³-hybridized carbons (Fsp3) is 0. The van der Waals surface area contributed by atoms with Gasteiger partial charge in [-0.15, -0.1) is 0 Å². The summed E-state index contributed by atoms with van der Waals surface area (Å²) in [5, 5.41) is 13.2. The minimum absolute atomic E-state index is 0.686. The Morgan fingerprint density at radius 1 is 0.375 bits per heavy atom. The molecule has 0 unspecified atom stereocenters. The zero-order chi connectivity index (χ0) is 36.5. The fourth-order valence-corrected chi connectivity index (χ4v) is 9.36. The highest BCUT2D eigenvalue weighted by molar-refractivity contribution is 6.35. The van der Waals surface area contributed by atoms with Crippen LogP contribution in [-0.2, 0) is 0 Å². The van der Waals surface area contributed by atoms with Crippen LogP contribution in [0, 0.1) is 0 Å². The smallest absolute Gasteiger partial charge is 0.160 e. The van der Waals surface area contributed by atoms with Gasteiger partial charge in [0.05, 0.1) is 27.8 Å². The van der Waals surface area contributed by atoms with E-state index >= 15 is 0 Å². The molecule has 0 fully saturated rings. The van der Waals surface area contributed by atoms with Gasteiger partial charge in [-0.2, -0.15) is 0 Å². The molecule has 4 nitrogen and oxygen atoms in total. The minimum atomic E-state index is 0.686. The van der Waals surface area contributed by atoms with E-state index < -0.39 is 0 Å². The Morgan fingerprint density at radius 2 is 1.07 bits per heavy atom. The first-order valence-electron chi connectivity index (χ1n) is 19.1. The highest BCUT2D eigenvalue weighted by Crippen LogP contribution is 2.45. The van der Waals surface area contributed by atoms with Gasteiger partial charge >= 0.3 is 0 Å². The van der Waals surface area contributed by atoms with E-state index in [-0.39, 0.29) is 0 Å². The average molecular weight is 712 g/mol. The second-order valence-electron chi connectivity index (χ2n) is 14.9. The number of rotatable bonds is 3. The number of hydrogen-bond donors (Lipinski definition) is 0. The summed E-state index contributed by atoms with van der Waals surface area (Å²) >= 11 is 0. The van der Waals surface area contributed by atoms with Crippen LogP contribution in [0.1, 0.15) is 0 Å². The number of furan rings is 1. The number of fused-ring (bicyclic) bond motifs is 14. The number of para-hydroxylation sites is 3. The molecule has 0 spiro atoms. The molecule has 4 aromatic heterocycles. The van der Waals surface area contributed by atoms with Crippen molar-refractivity contribution in [2.75, 3.05) is 0 Å². The molecule has 13 aromatic rings. The molecule has 0 aliphatic carbocycles. The van der Waals surface area contributed by atoms with E-state index in [4.69, 9.17) is 14.4 Å². The molecule has 0 amide bonds. The molecule has 4 heterocycles. The molecule has 0 aliphatic heterocycles. The molecule has 0 atom stereocenters. The Hall–Kier alpha value is -7.56. The monoisotopic (exact) mass is 711 g/mol. The van der Waals surface area contributed by atoms with Gasteiger partial charge in [-0.3, -0.25) is 0 Å². The van der Waals surface area contributed by atoms with Gasteiger partial charge in [0.25, 0.3) is 0 Å². The summed E-state index contributed by atoms with van der Waals surface area (Å²) in [6.45, 7) is 0. The highest BCUT2D eigenvalue weighted by atomic mass is 16.3. The Labute approximate surface area is 319 Å². The van der Waals surface area contributed by atoms with Crippen LogP contribution in [0.3, 0.4) is 0 Å². The van der Waals surface area contributed by atoms with Crippen molar-refractivity contribution < 1.29 is 4.42 Å². The third-order valence-electron chi connectivity index (χ3n) is 11.9. The van der Waals surface area contributed by atoms with Gasteiger partial charge in [0, 0.05) is 54.2 Å². The van der Waals surface area contributed by atoms with E-state index in [1.165, 1.54) is 70.8 Å². The van der Waals surface area contributed by atoms with Crippen LogP contribution in [0.5, 0.6) is 0 Å². The lowest BCUT2D eigenvalue weighted by Gasteiger charge is -2.11. The molecule has 0 aliphatic rings. The number of nitrogens with zero attached hydrogens (tertiary/aromatic N) is 3. The van der Waals surface area contributed by atoms with E-state index in [0.717, 1.165) is 49.7 Å². The maximum Gasteiger partial charge on any atom is 0.160 e. The molecule has 56 heavy (non-hydrogen) atoms. The lowest BCUT2D eigenvalue weighted by Crippen LogP contribution is -1.95. The predicted molar refractivity (Wildman–Crippen MR) is 233 cm³/mol. The molecule has 0 bridgehead atoms. The minimum Gasteiger partial charge on any atom is -0.456 e. The van der Waals surface area contributed by atoms with Crippen LogP contribution in [0.15, 0.2) is 180 Å². The standard InChI is InChI=1S/C52H29N3O/c1-2-9-34-28-35(21-18-30(34)8-1)31-16-19-33(20-17-31)50-39-11-3-5-14-42(39)53-52(54-50)36-24-26-45-41(29-36)49-46(56-45)27-23-32-22-25-44-48(47(32)49)40-13-7-12-38-37-10-4-6-15-43(37)55(44)51(38)40/h1-29H. The molecule has 258 valence electrons. The Morgan fingerprint density at radius 3 is 2.00 bits per heavy atom. The van der Waals surface area contributed by atoms with Crippen LogP contribution < -0.4 is 0 Å². The third kappa shape index (κ3) is 4.07. The Kier molecular flexibility index (Phi) is 5.86. The van der Waals surface area contributed by atoms with E-state index in [1.54, 1.807) is 0 Å². The van der Waals surface area contributed by atoms with E-state index in [9.17, 15) is 0 Å². The molecule has 4 heteroatoms. The molecule has 0 saturated heterocycles. The summed E-state index contributed by atoms with van der Waals surface area (Å²) in [5.41, 5.74) is 11.6. The van der Waals surface area contributed by atoms with E-state index in [0.29, 0.717) is 5.82 Å². The molecule has 13 rings (SSSR count). The van der Waals surface area contributed by atoms with Crippen LogP contribution in [-0.4, -0.2) is 14.4 Å². The molecular formula is C52H29N3O. The summed E-state index contributed by atoms with van der Waals surface area (Å²) in [5.74, 6) is 0.686. The average Bonchev–Trinajstić information content (AvgIpc) is 3.93. The molecule has 0 radical (unpaired) electrons. The number of hydrogen-bond acceptors (Lipinski definition) is 3. The lowest BCUT2D eigenvalue weighted by molar-refractivity contribution is 0.669. The largest absolute Gasteiger partial charge is 0.456 e. The summed E-state index contributed by atoms with van der Waals surface area (Å²) in [4.78, 5) is 10.5. The molecule has 0 N–H and O–H groups in total. The van der Waals surface area contributed by atoms with Gasteiger partial charge < -0.3 is 8.82 Å². The molecule has 0 saturated carbocycles. The highest BCUT2D eigenvalue weighted by Gasteiger charge is 2.22. The van der Waals surface area contributed by atoms with Gasteiger partial charge in [0.15, 0.2) is 5.82 Å². The van der Waals surface area contributed by atoms with Crippen molar-refractivity contribution in [3.63, 3.8) is 0 Å². The van der Waals surface area contributed by atoms with Crippen molar-refractivity contribution in [1.82, 2.24) is 14.4 Å². The lowest BCUT2D eigenvalue weighted by atomic mass is 9.97. The quantitative estimate of drug-likeness (QED) is 0.183. The summed E-state index contributed by atoms with van der Waals surface area (Å²) < 4.78 is 9.04. The summed E-state index contributed by atoms with van der Waals surface area (Å²) in [6.07, 6.45) is 0. The summed E-state index contributed by atoms with van der Waals surface area (Å²) in [6, 6.07) is 62.9. The molecule has 9 aromatic carbocycles. The maximum absolute atomic E-state index is 6.60. The van der Waals surface area contributed by atoms with Crippen LogP contribution in [0.25, 0.3) is 126 Å². The maximum atomic E-state index is 6.60. The number of aromatic nitrogens is 3. The van der Waals surface area contributed by atoms with Crippen molar-refractivity contribution in [3.05, 3.63) is 176 Å². The van der Waals surface area contributed by atoms with Gasteiger partial charge in [0.2, 0.25) is 0 Å². The molecular weight excluding hydrogens is 683 g/mol. The second-order valence-corrected chi connectivity index (χ2v) is 14.9. The van der Waals surface area contributed by atoms with Gasteiger partial charge in [-0.05, 0) is 75.8 Å². The zero-order valence-electron chi connectivity index (χ0n) is 30.0. The van der Waals surface area contributed by atoms with Crippen molar-refractivity contribution in [3.8, 4) is 33.8 Å². The first-order chi connectivity index (χ1) is 27.7. The van der Waals surface area contributed by atoms with Gasteiger partial charge in [-0.1, -0.05) is 127 Å². The van der Waals surface area contributed by atoms with Crippen molar-refractivity contribution in [2.24, 2.45) is 0 Å². The Balaban J connectivity index is 1.01. The van der Waals surface area contributed by atoms with Crippen LogP contribution in [0.4, 0.5) is 0 Å². The van der Waals surface area contributed by atoms with Crippen molar-refractivity contribution in [1.29, 1.82) is 0 Å². The van der Waals surface area contributed by atoms with E-state index in [1.807, 2.05) is 6.07 Å². The van der Waals surface area contributed by atoms with Crippen molar-refractivity contribution in [2.45, 2.75) is 0 Å². The Bertz CT molecular complexity index is 3760. The van der Waals surface area contributed by atoms with Gasteiger partial charge in [0.1, 0.15) is 11.2 Å². The SMILES string of the molecule is c1ccc2cc(-c3ccc(-c4nc(-c5ccc6oc7ccc8ccc9c(c%10cccc%11c%12ccccc%12n9c%11%10)c8c7c6c5)nc5ccccc45)cc3)ccc2c1. The first-order valence-corrected chi connectivity index (χ1v) is 19.1. The fourth-order valence-electron chi connectivity index (χ4n) is 9.36. The topological polar surface area (TPSA) is 43.3 Å². The van der Waals surface area contributed by atoms with Gasteiger partial charge in [-0.25, -0.2) is 9.97 Å². The zero-order valence-corrected chi connectivity index (χ0v) is 30.0. The summed E-state index contributed by atoms with van der Waals surface area (Å²) in [7, 11) is 0. The normalized spacial score (nSPS) is 12.3. The van der Waals surface area contributed by atoms with Crippen molar-refractivity contribution >= 4 is 92.5 Å². The van der Waals surface area contributed by atoms with E-state index in [2.05, 4.69) is 174 Å².